The number of carbonyl (C=O) groups excluding carboxylic acids is 1. The Morgan fingerprint density at radius 1 is 1.28 bits per heavy atom. The molecule has 3 aromatic rings. The highest BCUT2D eigenvalue weighted by Gasteiger charge is 2.10. The van der Waals surface area contributed by atoms with Crippen LogP contribution in [0.3, 0.4) is 0 Å². The Bertz CT molecular complexity index is 910. The van der Waals surface area contributed by atoms with Crippen LogP contribution in [-0.4, -0.2) is 29.3 Å². The first-order chi connectivity index (χ1) is 12.2. The third-order valence-corrected chi connectivity index (χ3v) is 4.41. The lowest BCUT2D eigenvalue weighted by atomic mass is 10.3. The van der Waals surface area contributed by atoms with Crippen LogP contribution in [0.2, 0.25) is 5.02 Å². The van der Waals surface area contributed by atoms with E-state index in [2.05, 4.69) is 27.4 Å². The third-order valence-electron chi connectivity index (χ3n) is 3.20. The van der Waals surface area contributed by atoms with Crippen LogP contribution in [0.15, 0.2) is 47.8 Å². The maximum Gasteiger partial charge on any atom is 0.272 e. The third kappa shape index (κ3) is 4.63. The van der Waals surface area contributed by atoms with Gasteiger partial charge in [-0.15, -0.1) is 11.3 Å². The molecule has 0 fully saturated rings. The first-order valence-electron chi connectivity index (χ1n) is 7.44. The average molecular weight is 372 g/mol. The van der Waals surface area contributed by atoms with Crippen molar-refractivity contribution in [2.24, 2.45) is 0 Å². The number of halogens is 1. The highest BCUT2D eigenvalue weighted by molar-refractivity contribution is 7.13. The molecule has 0 aliphatic carbocycles. The summed E-state index contributed by atoms with van der Waals surface area (Å²) in [7, 11) is 0. The largest absolute Gasteiger partial charge is 0.479 e. The number of hydrogen-bond donors (Lipinski definition) is 2. The van der Waals surface area contributed by atoms with E-state index in [-0.39, 0.29) is 19.1 Å². The fraction of sp³-hybridized carbons (Fsp3) is 0.111. The molecule has 2 aromatic heterocycles. The minimum Gasteiger partial charge on any atom is -0.479 e. The van der Waals surface area contributed by atoms with Gasteiger partial charge in [0.2, 0.25) is 0 Å². The summed E-state index contributed by atoms with van der Waals surface area (Å²) in [4.78, 5) is 13.1. The summed E-state index contributed by atoms with van der Waals surface area (Å²) in [6.45, 7) is 0.413. The second-order valence-corrected chi connectivity index (χ2v) is 6.25. The molecule has 0 aliphatic heterocycles. The van der Waals surface area contributed by atoms with Crippen molar-refractivity contribution in [1.29, 1.82) is 0 Å². The van der Waals surface area contributed by atoms with Crippen LogP contribution in [0, 0.1) is 11.8 Å². The van der Waals surface area contributed by atoms with Gasteiger partial charge < -0.3 is 10.1 Å². The molecule has 0 bridgehead atoms. The van der Waals surface area contributed by atoms with E-state index in [1.165, 1.54) is 0 Å². The van der Waals surface area contributed by atoms with Crippen molar-refractivity contribution >= 4 is 28.8 Å². The topological polar surface area (TPSA) is 67.0 Å². The number of aromatic amines is 1. The maximum atomic E-state index is 12.0. The lowest BCUT2D eigenvalue weighted by Gasteiger charge is -2.02. The van der Waals surface area contributed by atoms with E-state index in [9.17, 15) is 4.79 Å². The SMILES string of the molecule is O=C(NCC#CCOc1ccccc1Cl)c1cc(-c2cccs2)[nH]n1. The summed E-state index contributed by atoms with van der Waals surface area (Å²) < 4.78 is 5.44. The van der Waals surface area contributed by atoms with Crippen LogP contribution in [-0.2, 0) is 0 Å². The lowest BCUT2D eigenvalue weighted by molar-refractivity contribution is 0.0953. The number of aromatic nitrogens is 2. The van der Waals surface area contributed by atoms with Gasteiger partial charge in [0.15, 0.2) is 5.69 Å². The van der Waals surface area contributed by atoms with E-state index < -0.39 is 0 Å². The number of benzene rings is 1. The number of ether oxygens (including phenoxy) is 1. The molecule has 0 unspecified atom stereocenters. The van der Waals surface area contributed by atoms with E-state index in [1.807, 2.05) is 29.6 Å². The number of thiophene rings is 1. The molecule has 0 spiro atoms. The van der Waals surface area contributed by atoms with Crippen molar-refractivity contribution in [3.8, 4) is 28.2 Å². The number of nitrogens with one attached hydrogen (secondary N) is 2. The van der Waals surface area contributed by atoms with E-state index in [0.717, 1.165) is 10.6 Å². The highest BCUT2D eigenvalue weighted by atomic mass is 35.5. The summed E-state index contributed by atoms with van der Waals surface area (Å²) in [5.74, 6) is 5.95. The molecule has 1 aromatic carbocycles. The second-order valence-electron chi connectivity index (χ2n) is 4.90. The normalized spacial score (nSPS) is 9.96. The van der Waals surface area contributed by atoms with Gasteiger partial charge >= 0.3 is 0 Å². The predicted molar refractivity (Wildman–Crippen MR) is 99.0 cm³/mol. The summed E-state index contributed by atoms with van der Waals surface area (Å²) in [5.41, 5.74) is 1.15. The Hall–Kier alpha value is -2.75. The molecule has 0 saturated heterocycles. The quantitative estimate of drug-likeness (QED) is 0.673. The van der Waals surface area contributed by atoms with Crippen molar-refractivity contribution < 1.29 is 9.53 Å². The van der Waals surface area contributed by atoms with Crippen molar-refractivity contribution in [2.45, 2.75) is 0 Å². The molecular weight excluding hydrogens is 358 g/mol. The number of para-hydroxylation sites is 1. The number of H-pyrrole nitrogens is 1. The van der Waals surface area contributed by atoms with E-state index in [0.29, 0.717) is 16.5 Å². The molecular formula is C18H14ClN3O2S. The van der Waals surface area contributed by atoms with Crippen molar-refractivity contribution in [2.75, 3.05) is 13.2 Å². The molecule has 2 N–H and O–H groups in total. The number of rotatable bonds is 5. The zero-order valence-electron chi connectivity index (χ0n) is 13.1. The van der Waals surface area contributed by atoms with Gasteiger partial charge in [0.25, 0.3) is 5.91 Å². The fourth-order valence-electron chi connectivity index (χ4n) is 2.00. The Morgan fingerprint density at radius 3 is 2.96 bits per heavy atom. The minimum atomic E-state index is -0.277. The molecule has 0 aliphatic rings. The van der Waals surface area contributed by atoms with Gasteiger partial charge in [-0.2, -0.15) is 5.10 Å². The monoisotopic (exact) mass is 371 g/mol. The number of nitrogens with zero attached hydrogens (tertiary/aromatic N) is 1. The standard InChI is InChI=1S/C18H14ClN3O2S/c19-13-6-1-2-7-16(13)24-10-4-3-9-20-18(23)15-12-14(21-22-15)17-8-5-11-25-17/h1-2,5-8,11-12H,9-10H2,(H,20,23)(H,21,22). The van der Waals surface area contributed by atoms with Crippen LogP contribution >= 0.6 is 22.9 Å². The molecule has 0 atom stereocenters. The van der Waals surface area contributed by atoms with Crippen LogP contribution in [0.5, 0.6) is 5.75 Å². The molecule has 0 saturated carbocycles. The van der Waals surface area contributed by atoms with E-state index in [1.54, 1.807) is 29.5 Å². The minimum absolute atomic E-state index is 0.199. The van der Waals surface area contributed by atoms with Gasteiger partial charge in [-0.3, -0.25) is 9.89 Å². The predicted octanol–water partition coefficient (Wildman–Crippen LogP) is 3.60. The molecule has 7 heteroatoms. The molecule has 126 valence electrons. The summed E-state index contributed by atoms with van der Waals surface area (Å²) >= 11 is 7.55. The van der Waals surface area contributed by atoms with E-state index in [4.69, 9.17) is 16.3 Å². The van der Waals surface area contributed by atoms with Crippen LogP contribution < -0.4 is 10.1 Å². The van der Waals surface area contributed by atoms with Gasteiger partial charge in [-0.25, -0.2) is 0 Å². The van der Waals surface area contributed by atoms with Crippen molar-refractivity contribution in [3.63, 3.8) is 0 Å². The van der Waals surface area contributed by atoms with Gasteiger partial charge in [-0.05, 0) is 29.6 Å². The van der Waals surface area contributed by atoms with Crippen LogP contribution in [0.1, 0.15) is 10.5 Å². The van der Waals surface area contributed by atoms with Crippen molar-refractivity contribution in [3.05, 3.63) is 58.6 Å². The van der Waals surface area contributed by atoms with Gasteiger partial charge in [0.05, 0.1) is 22.1 Å². The fourth-order valence-corrected chi connectivity index (χ4v) is 2.88. The number of hydrogen-bond acceptors (Lipinski definition) is 4. The zero-order chi connectivity index (χ0) is 17.5. The molecule has 3 rings (SSSR count). The Balaban J connectivity index is 1.45. The highest BCUT2D eigenvalue weighted by Crippen LogP contribution is 2.23. The smallest absolute Gasteiger partial charge is 0.272 e. The first kappa shape index (κ1) is 17.1. The van der Waals surface area contributed by atoms with Gasteiger partial charge in [-0.1, -0.05) is 41.6 Å². The number of carbonyl (C=O) groups is 1. The van der Waals surface area contributed by atoms with Crippen LogP contribution in [0.4, 0.5) is 0 Å². The Morgan fingerprint density at radius 2 is 2.16 bits per heavy atom. The molecule has 1 amide bonds. The molecule has 25 heavy (non-hydrogen) atoms. The van der Waals surface area contributed by atoms with Crippen LogP contribution in [0.25, 0.3) is 10.6 Å². The summed E-state index contributed by atoms with van der Waals surface area (Å²) in [6, 6.07) is 12.8. The molecule has 0 radical (unpaired) electrons. The Labute approximate surface area is 154 Å². The maximum absolute atomic E-state index is 12.0. The molecule has 5 nitrogen and oxygen atoms in total. The van der Waals surface area contributed by atoms with Gasteiger partial charge in [0, 0.05) is 0 Å². The lowest BCUT2D eigenvalue weighted by Crippen LogP contribution is -2.24. The zero-order valence-corrected chi connectivity index (χ0v) is 14.7. The van der Waals surface area contributed by atoms with Gasteiger partial charge in [0.1, 0.15) is 12.4 Å². The average Bonchev–Trinajstić information content (AvgIpc) is 3.30. The summed E-state index contributed by atoms with van der Waals surface area (Å²) in [5, 5.41) is 12.1. The van der Waals surface area contributed by atoms with E-state index >= 15 is 0 Å². The van der Waals surface area contributed by atoms with Crippen molar-refractivity contribution in [1.82, 2.24) is 15.5 Å². The summed E-state index contributed by atoms with van der Waals surface area (Å²) in [6.07, 6.45) is 0. The first-order valence-corrected chi connectivity index (χ1v) is 8.70. The second kappa shape index (κ2) is 8.38. The number of amides is 1. The Kier molecular flexibility index (Phi) is 5.73. The molecule has 2 heterocycles.